The lowest BCUT2D eigenvalue weighted by Gasteiger charge is -2.32. The van der Waals surface area contributed by atoms with Crippen LogP contribution in [-0.4, -0.2) is 76.6 Å². The number of anilines is 1. The lowest BCUT2D eigenvalue weighted by Crippen LogP contribution is -2.41. The van der Waals surface area contributed by atoms with Gasteiger partial charge in [0.15, 0.2) is 5.65 Å². The van der Waals surface area contributed by atoms with Crippen molar-refractivity contribution in [2.75, 3.05) is 44.7 Å². The largest absolute Gasteiger partial charge is 0.453 e. The van der Waals surface area contributed by atoms with Crippen molar-refractivity contribution < 1.29 is 31.1 Å². The van der Waals surface area contributed by atoms with E-state index in [2.05, 4.69) is 20.6 Å². The van der Waals surface area contributed by atoms with Crippen molar-refractivity contribution in [3.63, 3.8) is 0 Å². The van der Waals surface area contributed by atoms with Gasteiger partial charge in [0.2, 0.25) is 5.91 Å². The van der Waals surface area contributed by atoms with E-state index >= 15 is 0 Å². The second-order valence-corrected chi connectivity index (χ2v) is 7.74. The van der Waals surface area contributed by atoms with Crippen LogP contribution in [0.5, 0.6) is 0 Å². The molecule has 0 bridgehead atoms. The smallest absolute Gasteiger partial charge is 0.356 e. The highest BCUT2D eigenvalue weighted by Crippen LogP contribution is 2.28. The summed E-state index contributed by atoms with van der Waals surface area (Å²) < 4.78 is 76.6. The number of carbonyl (C=O) groups is 1. The Labute approximate surface area is 179 Å². The standard InChI is InChI=1S/C18H23F6N7O/c1-29(11-17(19,20)21)8-2-7-25-15(32)12-5-9-30(10-6-12)14-4-3-13-26-27-16(18(22,23)24)31(13)28-14/h3-4,12H,2,5-11H2,1H3,(H,25,32). The maximum absolute atomic E-state index is 13.0. The summed E-state index contributed by atoms with van der Waals surface area (Å²) in [5.74, 6) is -1.33. The molecule has 1 fully saturated rings. The monoisotopic (exact) mass is 467 g/mol. The molecule has 0 saturated carbocycles. The third kappa shape index (κ3) is 6.20. The number of aromatic nitrogens is 4. The molecule has 3 rings (SSSR count). The summed E-state index contributed by atoms with van der Waals surface area (Å²) in [4.78, 5) is 15.3. The zero-order valence-corrected chi connectivity index (χ0v) is 17.2. The summed E-state index contributed by atoms with van der Waals surface area (Å²) in [6.07, 6.45) is -7.59. The van der Waals surface area contributed by atoms with Gasteiger partial charge in [0, 0.05) is 25.6 Å². The average Bonchev–Trinajstić information content (AvgIpc) is 3.13. The van der Waals surface area contributed by atoms with Crippen LogP contribution in [0, 0.1) is 5.92 Å². The minimum atomic E-state index is -4.68. The quantitative estimate of drug-likeness (QED) is 0.498. The fourth-order valence-electron chi connectivity index (χ4n) is 3.59. The van der Waals surface area contributed by atoms with Gasteiger partial charge in [-0.15, -0.1) is 15.3 Å². The third-order valence-corrected chi connectivity index (χ3v) is 5.16. The van der Waals surface area contributed by atoms with Gasteiger partial charge in [0.05, 0.1) is 6.54 Å². The van der Waals surface area contributed by atoms with Crippen LogP contribution in [0.2, 0.25) is 0 Å². The van der Waals surface area contributed by atoms with Crippen LogP contribution in [0.25, 0.3) is 5.65 Å². The third-order valence-electron chi connectivity index (χ3n) is 5.16. The van der Waals surface area contributed by atoms with Crippen molar-refractivity contribution in [3.8, 4) is 0 Å². The lowest BCUT2D eigenvalue weighted by atomic mass is 9.96. The molecule has 0 atom stereocenters. The second-order valence-electron chi connectivity index (χ2n) is 7.74. The van der Waals surface area contributed by atoms with E-state index in [1.807, 2.05) is 0 Å². The van der Waals surface area contributed by atoms with E-state index in [1.165, 1.54) is 13.1 Å². The molecule has 2 aromatic rings. The SMILES string of the molecule is CN(CCCNC(=O)C1CCN(c2ccc3nnc(C(F)(F)F)n3n2)CC1)CC(F)(F)F. The van der Waals surface area contributed by atoms with Crippen molar-refractivity contribution in [3.05, 3.63) is 18.0 Å². The Morgan fingerprint density at radius 2 is 1.84 bits per heavy atom. The molecule has 32 heavy (non-hydrogen) atoms. The highest BCUT2D eigenvalue weighted by atomic mass is 19.4. The molecule has 0 spiro atoms. The molecule has 1 N–H and O–H groups in total. The molecule has 8 nitrogen and oxygen atoms in total. The Hall–Kier alpha value is -2.64. The van der Waals surface area contributed by atoms with E-state index < -0.39 is 24.7 Å². The van der Waals surface area contributed by atoms with E-state index in [9.17, 15) is 31.1 Å². The highest BCUT2D eigenvalue weighted by molar-refractivity contribution is 5.78. The number of carbonyl (C=O) groups excluding carboxylic acids is 1. The molecule has 3 heterocycles. The molecule has 0 radical (unpaired) electrons. The molecule has 1 amide bonds. The molecular formula is C18H23F6N7O. The van der Waals surface area contributed by atoms with Gasteiger partial charge < -0.3 is 10.2 Å². The van der Waals surface area contributed by atoms with E-state index in [-0.39, 0.29) is 30.6 Å². The van der Waals surface area contributed by atoms with E-state index in [1.54, 1.807) is 11.0 Å². The number of halogens is 6. The van der Waals surface area contributed by atoms with Crippen LogP contribution < -0.4 is 10.2 Å². The van der Waals surface area contributed by atoms with Gasteiger partial charge in [0.25, 0.3) is 5.82 Å². The van der Waals surface area contributed by atoms with Gasteiger partial charge in [-0.2, -0.15) is 30.9 Å². The first-order chi connectivity index (χ1) is 14.9. The molecule has 178 valence electrons. The average molecular weight is 467 g/mol. The molecule has 0 unspecified atom stereocenters. The summed E-state index contributed by atoms with van der Waals surface area (Å²) in [6, 6.07) is 2.96. The highest BCUT2D eigenvalue weighted by Gasteiger charge is 2.38. The summed E-state index contributed by atoms with van der Waals surface area (Å²) in [5, 5.41) is 13.4. The van der Waals surface area contributed by atoms with Gasteiger partial charge in [-0.3, -0.25) is 9.69 Å². The second kappa shape index (κ2) is 9.46. The molecule has 1 aliphatic heterocycles. The number of nitrogens with zero attached hydrogens (tertiary/aromatic N) is 6. The van der Waals surface area contributed by atoms with E-state index in [0.717, 1.165) is 4.90 Å². The number of amides is 1. The molecule has 1 saturated heterocycles. The molecule has 2 aromatic heterocycles. The molecule has 14 heteroatoms. The van der Waals surface area contributed by atoms with Crippen molar-refractivity contribution in [1.82, 2.24) is 30.0 Å². The number of piperidine rings is 1. The number of alkyl halides is 6. The summed E-state index contributed by atoms with van der Waals surface area (Å²) in [7, 11) is 1.37. The Balaban J connectivity index is 1.47. The molecular weight excluding hydrogens is 444 g/mol. The van der Waals surface area contributed by atoms with Gasteiger partial charge in [-0.1, -0.05) is 0 Å². The van der Waals surface area contributed by atoms with Gasteiger partial charge >= 0.3 is 12.4 Å². The number of hydrogen-bond acceptors (Lipinski definition) is 6. The Morgan fingerprint density at radius 1 is 1.16 bits per heavy atom. The van der Waals surface area contributed by atoms with Crippen LogP contribution in [0.15, 0.2) is 12.1 Å². The Morgan fingerprint density at radius 3 is 2.47 bits per heavy atom. The van der Waals surface area contributed by atoms with Crippen molar-refractivity contribution in [2.24, 2.45) is 5.92 Å². The fraction of sp³-hybridized carbons (Fsp3) is 0.667. The minimum absolute atomic E-state index is 0.0174. The summed E-state index contributed by atoms with van der Waals surface area (Å²) in [5.41, 5.74) is -0.0174. The van der Waals surface area contributed by atoms with Gasteiger partial charge in [0.1, 0.15) is 5.82 Å². The normalized spacial score (nSPS) is 16.2. The van der Waals surface area contributed by atoms with Gasteiger partial charge in [-0.25, -0.2) is 0 Å². The van der Waals surface area contributed by atoms with E-state index in [4.69, 9.17) is 0 Å². The lowest BCUT2D eigenvalue weighted by molar-refractivity contribution is -0.146. The molecule has 0 aliphatic carbocycles. The predicted octanol–water partition coefficient (Wildman–Crippen LogP) is 2.36. The topological polar surface area (TPSA) is 78.7 Å². The maximum Gasteiger partial charge on any atom is 0.453 e. The van der Waals surface area contributed by atoms with Gasteiger partial charge in [-0.05, 0) is 45.0 Å². The first-order valence-corrected chi connectivity index (χ1v) is 10.0. The summed E-state index contributed by atoms with van der Waals surface area (Å²) >= 11 is 0. The van der Waals surface area contributed by atoms with Crippen LogP contribution >= 0.6 is 0 Å². The van der Waals surface area contributed by atoms with Crippen LogP contribution in [0.1, 0.15) is 25.1 Å². The maximum atomic E-state index is 13.0. The van der Waals surface area contributed by atoms with Crippen molar-refractivity contribution in [2.45, 2.75) is 31.6 Å². The number of nitrogens with one attached hydrogen (secondary N) is 1. The predicted molar refractivity (Wildman–Crippen MR) is 102 cm³/mol. The molecule has 1 aliphatic rings. The van der Waals surface area contributed by atoms with Crippen LogP contribution in [0.3, 0.4) is 0 Å². The van der Waals surface area contributed by atoms with E-state index in [0.29, 0.717) is 42.7 Å². The number of rotatable bonds is 7. The minimum Gasteiger partial charge on any atom is -0.356 e. The first-order valence-electron chi connectivity index (χ1n) is 10.0. The molecule has 0 aromatic carbocycles. The first kappa shape index (κ1) is 24.0. The Kier molecular flexibility index (Phi) is 7.10. The zero-order valence-electron chi connectivity index (χ0n) is 17.2. The Bertz CT molecular complexity index is 921. The fourth-order valence-corrected chi connectivity index (χ4v) is 3.59. The van der Waals surface area contributed by atoms with Crippen LogP contribution in [0.4, 0.5) is 32.2 Å². The van der Waals surface area contributed by atoms with Crippen molar-refractivity contribution in [1.29, 1.82) is 0 Å². The number of hydrogen-bond donors (Lipinski definition) is 1. The van der Waals surface area contributed by atoms with Crippen LogP contribution in [-0.2, 0) is 11.0 Å². The van der Waals surface area contributed by atoms with Crippen molar-refractivity contribution >= 4 is 17.4 Å². The zero-order chi connectivity index (χ0) is 23.5. The summed E-state index contributed by atoms with van der Waals surface area (Å²) in [6.45, 7) is 0.324. The number of fused-ring (bicyclic) bond motifs is 1.